The number of hydrogen-bond acceptors (Lipinski definition) is 3. The highest BCUT2D eigenvalue weighted by Gasteiger charge is 2.40. The van der Waals surface area contributed by atoms with Gasteiger partial charge >= 0.3 is 0 Å². The van der Waals surface area contributed by atoms with Gasteiger partial charge in [0.15, 0.2) is 0 Å². The van der Waals surface area contributed by atoms with Gasteiger partial charge in [0.2, 0.25) is 0 Å². The number of para-hydroxylation sites is 1. The molecular weight excluding hydrogens is 406 g/mol. The van der Waals surface area contributed by atoms with Crippen LogP contribution in [-0.4, -0.2) is 16.3 Å². The summed E-state index contributed by atoms with van der Waals surface area (Å²) in [5, 5.41) is 22.9. The van der Waals surface area contributed by atoms with Crippen molar-refractivity contribution in [1.29, 1.82) is 0 Å². The van der Waals surface area contributed by atoms with E-state index in [-0.39, 0.29) is 5.75 Å². The van der Waals surface area contributed by atoms with E-state index in [0.29, 0.717) is 5.56 Å². The minimum absolute atomic E-state index is 0.160. The third kappa shape index (κ3) is 4.61. The van der Waals surface area contributed by atoms with Gasteiger partial charge in [-0.1, -0.05) is 108 Å². The fraction of sp³-hybridized carbons (Fsp3) is 0.133. The second-order valence-electron chi connectivity index (χ2n) is 8.51. The summed E-state index contributed by atoms with van der Waals surface area (Å²) in [7, 11) is 0. The van der Waals surface area contributed by atoms with Crippen LogP contribution in [0.1, 0.15) is 33.4 Å². The van der Waals surface area contributed by atoms with E-state index in [1.54, 1.807) is 12.1 Å². The highest BCUT2D eigenvalue weighted by atomic mass is 16.3. The van der Waals surface area contributed by atoms with Gasteiger partial charge in [0.05, 0.1) is 6.04 Å². The zero-order chi connectivity index (χ0) is 23.4. The number of aromatic hydroxyl groups is 1. The fourth-order valence-corrected chi connectivity index (χ4v) is 4.28. The molecule has 0 radical (unpaired) electrons. The molecule has 166 valence electrons. The number of aliphatic hydroxyl groups is 1. The molecule has 4 aromatic rings. The van der Waals surface area contributed by atoms with Gasteiger partial charge in [0.1, 0.15) is 11.4 Å². The molecule has 0 aliphatic heterocycles. The van der Waals surface area contributed by atoms with E-state index in [4.69, 9.17) is 5.73 Å². The first-order chi connectivity index (χ1) is 15.9. The number of aryl methyl sites for hydroxylation is 2. The molecule has 4 rings (SSSR count). The van der Waals surface area contributed by atoms with Crippen molar-refractivity contribution in [3.8, 4) is 5.75 Å². The Kier molecular flexibility index (Phi) is 6.45. The third-order valence-electron chi connectivity index (χ3n) is 6.06. The van der Waals surface area contributed by atoms with E-state index in [2.05, 4.69) is 0 Å². The number of nitrogens with two attached hydrogens (primary N) is 1. The van der Waals surface area contributed by atoms with Crippen molar-refractivity contribution in [2.24, 2.45) is 5.73 Å². The average molecular weight is 436 g/mol. The second-order valence-corrected chi connectivity index (χ2v) is 8.51. The Morgan fingerprint density at radius 2 is 1.30 bits per heavy atom. The van der Waals surface area contributed by atoms with Crippen LogP contribution in [0.5, 0.6) is 5.75 Å². The molecule has 0 aliphatic carbocycles. The zero-order valence-electron chi connectivity index (χ0n) is 18.9. The minimum Gasteiger partial charge on any atom is -0.507 e. The van der Waals surface area contributed by atoms with Crippen molar-refractivity contribution in [2.45, 2.75) is 25.5 Å². The molecule has 1 atom stereocenters. The minimum atomic E-state index is -1.50. The number of benzene rings is 4. The molecule has 0 saturated heterocycles. The molecule has 3 nitrogen and oxygen atoms in total. The van der Waals surface area contributed by atoms with Crippen molar-refractivity contribution in [3.05, 3.63) is 137 Å². The van der Waals surface area contributed by atoms with Crippen LogP contribution in [0, 0.1) is 13.8 Å². The highest BCUT2D eigenvalue weighted by molar-refractivity contribution is 5.86. The van der Waals surface area contributed by atoms with E-state index in [1.165, 1.54) is 0 Å². The van der Waals surface area contributed by atoms with Crippen molar-refractivity contribution < 1.29 is 10.2 Å². The molecule has 0 saturated carbocycles. The van der Waals surface area contributed by atoms with Crippen LogP contribution in [0.2, 0.25) is 0 Å². The summed E-state index contributed by atoms with van der Waals surface area (Å²) in [6.45, 7) is 4.00. The number of rotatable bonds is 6. The van der Waals surface area contributed by atoms with Gasteiger partial charge in [-0.05, 0) is 48.3 Å². The van der Waals surface area contributed by atoms with Gasteiger partial charge in [-0.15, -0.1) is 0 Å². The average Bonchev–Trinajstić information content (AvgIpc) is 2.83. The van der Waals surface area contributed by atoms with Crippen LogP contribution in [0.4, 0.5) is 0 Å². The lowest BCUT2D eigenvalue weighted by molar-refractivity contribution is 0.0701. The van der Waals surface area contributed by atoms with Crippen molar-refractivity contribution in [1.82, 2.24) is 0 Å². The number of phenols is 1. The first-order valence-electron chi connectivity index (χ1n) is 11.1. The van der Waals surface area contributed by atoms with Crippen LogP contribution in [0.3, 0.4) is 0 Å². The molecule has 0 spiro atoms. The van der Waals surface area contributed by atoms with E-state index in [0.717, 1.165) is 33.4 Å². The van der Waals surface area contributed by atoms with Crippen LogP contribution < -0.4 is 5.73 Å². The summed E-state index contributed by atoms with van der Waals surface area (Å²) in [4.78, 5) is 0. The Labute approximate surface area is 195 Å². The summed E-state index contributed by atoms with van der Waals surface area (Å²) in [5.41, 5.74) is 11.3. The Morgan fingerprint density at radius 3 is 1.85 bits per heavy atom. The third-order valence-corrected chi connectivity index (χ3v) is 6.06. The maximum atomic E-state index is 12.4. The molecule has 0 fully saturated rings. The SMILES string of the molecule is Cc1cccc(C(O)(c2cccc(C)c2)C(N)C(=Cc2ccccc2O)c2ccccc2)c1. The predicted octanol–water partition coefficient (Wildman–Crippen LogP) is 5.81. The molecule has 0 aromatic heterocycles. The van der Waals surface area contributed by atoms with E-state index >= 15 is 0 Å². The second kappa shape index (κ2) is 9.45. The Bertz CT molecular complexity index is 1230. The normalized spacial score (nSPS) is 13.0. The quantitative estimate of drug-likeness (QED) is 0.335. The first kappa shape index (κ1) is 22.5. The van der Waals surface area contributed by atoms with Crippen molar-refractivity contribution in [3.63, 3.8) is 0 Å². The fourth-order valence-electron chi connectivity index (χ4n) is 4.28. The molecule has 1 unspecified atom stereocenters. The Balaban J connectivity index is 1.97. The van der Waals surface area contributed by atoms with Gasteiger partial charge in [-0.25, -0.2) is 0 Å². The summed E-state index contributed by atoms with van der Waals surface area (Å²) < 4.78 is 0. The summed E-state index contributed by atoms with van der Waals surface area (Å²) in [6.07, 6.45) is 1.87. The maximum absolute atomic E-state index is 12.4. The molecule has 0 heterocycles. The van der Waals surface area contributed by atoms with Gasteiger partial charge in [-0.3, -0.25) is 0 Å². The maximum Gasteiger partial charge on any atom is 0.134 e. The molecule has 4 N–H and O–H groups in total. The van der Waals surface area contributed by atoms with Gasteiger partial charge in [-0.2, -0.15) is 0 Å². The molecular formula is C30H29NO2. The Morgan fingerprint density at radius 1 is 0.758 bits per heavy atom. The van der Waals surface area contributed by atoms with E-state index in [1.807, 2.05) is 111 Å². The summed E-state index contributed by atoms with van der Waals surface area (Å²) >= 11 is 0. The topological polar surface area (TPSA) is 66.5 Å². The monoisotopic (exact) mass is 435 g/mol. The van der Waals surface area contributed by atoms with E-state index in [9.17, 15) is 10.2 Å². The Hall–Kier alpha value is -3.66. The molecule has 0 amide bonds. The van der Waals surface area contributed by atoms with Crippen LogP contribution in [0.25, 0.3) is 11.6 Å². The van der Waals surface area contributed by atoms with Crippen LogP contribution in [-0.2, 0) is 5.60 Å². The lowest BCUT2D eigenvalue weighted by Crippen LogP contribution is -2.47. The van der Waals surface area contributed by atoms with E-state index < -0.39 is 11.6 Å². The molecule has 0 aliphatic rings. The largest absolute Gasteiger partial charge is 0.507 e. The summed E-state index contributed by atoms with van der Waals surface area (Å²) in [5.74, 6) is 0.160. The zero-order valence-corrected chi connectivity index (χ0v) is 18.9. The smallest absolute Gasteiger partial charge is 0.134 e. The molecule has 33 heavy (non-hydrogen) atoms. The molecule has 4 aromatic carbocycles. The van der Waals surface area contributed by atoms with Crippen LogP contribution in [0.15, 0.2) is 103 Å². The standard InChI is InChI=1S/C30H29NO2/c1-21-10-8-15-25(18-21)30(33,26-16-9-11-22(2)19-26)29(31)27(23-12-4-3-5-13-23)20-24-14-6-7-17-28(24)32/h3-20,29,32-33H,31H2,1-2H3. The summed E-state index contributed by atoms with van der Waals surface area (Å²) in [6, 6.07) is 31.8. The van der Waals surface area contributed by atoms with Gasteiger partial charge < -0.3 is 15.9 Å². The van der Waals surface area contributed by atoms with Crippen LogP contribution >= 0.6 is 0 Å². The lowest BCUT2D eigenvalue weighted by Gasteiger charge is -2.37. The van der Waals surface area contributed by atoms with Gasteiger partial charge in [0, 0.05) is 5.56 Å². The number of hydrogen-bond donors (Lipinski definition) is 3. The lowest BCUT2D eigenvalue weighted by atomic mass is 9.75. The highest BCUT2D eigenvalue weighted by Crippen LogP contribution is 2.39. The molecule has 3 heteroatoms. The first-order valence-corrected chi connectivity index (χ1v) is 11.1. The molecule has 0 bridgehead atoms. The van der Waals surface area contributed by atoms with Gasteiger partial charge in [0.25, 0.3) is 0 Å². The predicted molar refractivity (Wildman–Crippen MR) is 136 cm³/mol. The van der Waals surface area contributed by atoms with Crippen molar-refractivity contribution in [2.75, 3.05) is 0 Å². The van der Waals surface area contributed by atoms with Crippen molar-refractivity contribution >= 4 is 11.6 Å². The number of phenolic OH excluding ortho intramolecular Hbond substituents is 1.